The van der Waals surface area contributed by atoms with Gasteiger partial charge in [-0.05, 0) is 26.0 Å². The number of anilines is 1. The monoisotopic (exact) mass is 206 g/mol. The van der Waals surface area contributed by atoms with Crippen molar-refractivity contribution in [3.63, 3.8) is 0 Å². The number of nitrogens with zero attached hydrogens (tertiary/aromatic N) is 2. The molecule has 2 heterocycles. The van der Waals surface area contributed by atoms with Gasteiger partial charge in [0.15, 0.2) is 0 Å². The van der Waals surface area contributed by atoms with Crippen LogP contribution in [0.25, 0.3) is 0 Å². The highest BCUT2D eigenvalue weighted by molar-refractivity contribution is 5.96. The van der Waals surface area contributed by atoms with Gasteiger partial charge in [0.25, 0.3) is 0 Å². The van der Waals surface area contributed by atoms with Crippen LogP contribution in [-0.2, 0) is 4.79 Å². The average molecular weight is 206 g/mol. The number of β-amino-alcohol motifs (C(OH)–C–C–N with tert-alkyl or cyclic N) is 1. The Morgan fingerprint density at radius 2 is 2.20 bits per heavy atom. The molecule has 2 rings (SSSR count). The molecule has 1 amide bonds. The Labute approximate surface area is 88.6 Å². The number of carbonyl (C=O) groups is 1. The summed E-state index contributed by atoms with van der Waals surface area (Å²) < 4.78 is 0. The Balaban J connectivity index is 2.34. The summed E-state index contributed by atoms with van der Waals surface area (Å²) in [4.78, 5) is 17.5. The van der Waals surface area contributed by atoms with Crippen molar-refractivity contribution < 1.29 is 9.90 Å². The van der Waals surface area contributed by atoms with Crippen LogP contribution in [0.1, 0.15) is 17.8 Å². The quantitative estimate of drug-likeness (QED) is 0.739. The molecule has 0 bridgehead atoms. The zero-order valence-electron chi connectivity index (χ0n) is 8.90. The Bertz CT molecular complexity index is 404. The van der Waals surface area contributed by atoms with Crippen LogP contribution < -0.4 is 4.90 Å². The van der Waals surface area contributed by atoms with Crippen LogP contribution in [0.5, 0.6) is 0 Å². The Morgan fingerprint density at radius 1 is 1.47 bits per heavy atom. The van der Waals surface area contributed by atoms with E-state index >= 15 is 0 Å². The predicted octanol–water partition coefficient (Wildman–Crippen LogP) is 0.796. The summed E-state index contributed by atoms with van der Waals surface area (Å²) in [5.41, 5.74) is 2.57. The molecule has 1 fully saturated rings. The first-order valence-corrected chi connectivity index (χ1v) is 5.00. The standard InChI is InChI=1S/C11H14N2O2/c1-7-3-4-10(8(2)12-7)13-6-9(14)5-11(13)15/h3-4,9,14H,5-6H2,1-2H3. The number of amides is 1. The number of aliphatic hydroxyl groups is 1. The molecule has 1 N–H and O–H groups in total. The van der Waals surface area contributed by atoms with E-state index in [4.69, 9.17) is 0 Å². The Morgan fingerprint density at radius 3 is 2.73 bits per heavy atom. The minimum Gasteiger partial charge on any atom is -0.391 e. The number of carbonyl (C=O) groups excluding carboxylic acids is 1. The van der Waals surface area contributed by atoms with Crippen LogP contribution in [0.2, 0.25) is 0 Å². The van der Waals surface area contributed by atoms with Gasteiger partial charge in [-0.2, -0.15) is 0 Å². The lowest BCUT2D eigenvalue weighted by Gasteiger charge is -2.17. The lowest BCUT2D eigenvalue weighted by molar-refractivity contribution is -0.117. The number of pyridine rings is 1. The van der Waals surface area contributed by atoms with Crippen molar-refractivity contribution in [2.75, 3.05) is 11.4 Å². The molecule has 1 saturated heterocycles. The van der Waals surface area contributed by atoms with Gasteiger partial charge >= 0.3 is 0 Å². The Hall–Kier alpha value is -1.42. The van der Waals surface area contributed by atoms with Gasteiger partial charge in [0.2, 0.25) is 5.91 Å². The second-order valence-corrected chi connectivity index (χ2v) is 3.92. The summed E-state index contributed by atoms with van der Waals surface area (Å²) in [5, 5.41) is 9.39. The smallest absolute Gasteiger partial charge is 0.229 e. The summed E-state index contributed by atoms with van der Waals surface area (Å²) in [6.07, 6.45) is -0.328. The number of hydrogen-bond acceptors (Lipinski definition) is 3. The molecular weight excluding hydrogens is 192 g/mol. The fourth-order valence-corrected chi connectivity index (χ4v) is 1.89. The largest absolute Gasteiger partial charge is 0.391 e. The molecule has 0 aromatic carbocycles. The summed E-state index contributed by atoms with van der Waals surface area (Å²) >= 11 is 0. The van der Waals surface area contributed by atoms with E-state index in [1.54, 1.807) is 4.90 Å². The number of aliphatic hydroxyl groups excluding tert-OH is 1. The average Bonchev–Trinajstić information content (AvgIpc) is 2.45. The van der Waals surface area contributed by atoms with E-state index in [0.29, 0.717) is 6.54 Å². The maximum Gasteiger partial charge on any atom is 0.229 e. The van der Waals surface area contributed by atoms with E-state index in [1.165, 1.54) is 0 Å². The predicted molar refractivity (Wildman–Crippen MR) is 56.7 cm³/mol. The molecule has 1 aromatic heterocycles. The van der Waals surface area contributed by atoms with Crippen molar-refractivity contribution in [1.29, 1.82) is 0 Å². The highest BCUT2D eigenvalue weighted by Crippen LogP contribution is 2.24. The van der Waals surface area contributed by atoms with E-state index in [0.717, 1.165) is 17.1 Å². The van der Waals surface area contributed by atoms with E-state index in [9.17, 15) is 9.90 Å². The number of hydrogen-bond donors (Lipinski definition) is 1. The van der Waals surface area contributed by atoms with Crippen LogP contribution in [0, 0.1) is 13.8 Å². The minimum atomic E-state index is -0.543. The SMILES string of the molecule is Cc1ccc(N2CC(O)CC2=O)c(C)n1. The first-order valence-electron chi connectivity index (χ1n) is 5.00. The zero-order chi connectivity index (χ0) is 11.0. The lowest BCUT2D eigenvalue weighted by Crippen LogP contribution is -2.26. The minimum absolute atomic E-state index is 0.0312. The molecule has 80 valence electrons. The van der Waals surface area contributed by atoms with Gasteiger partial charge in [-0.3, -0.25) is 9.78 Å². The fourth-order valence-electron chi connectivity index (χ4n) is 1.89. The zero-order valence-corrected chi connectivity index (χ0v) is 8.90. The van der Waals surface area contributed by atoms with E-state index in [2.05, 4.69) is 4.98 Å². The van der Waals surface area contributed by atoms with E-state index < -0.39 is 6.10 Å². The van der Waals surface area contributed by atoms with Crippen LogP contribution in [0.4, 0.5) is 5.69 Å². The summed E-state index contributed by atoms with van der Waals surface area (Å²) in [6, 6.07) is 3.76. The number of rotatable bonds is 1. The van der Waals surface area contributed by atoms with Crippen LogP contribution in [0.15, 0.2) is 12.1 Å². The van der Waals surface area contributed by atoms with Crippen molar-refractivity contribution >= 4 is 11.6 Å². The maximum absolute atomic E-state index is 11.6. The van der Waals surface area contributed by atoms with Gasteiger partial charge in [0.05, 0.1) is 30.5 Å². The number of aryl methyl sites for hydroxylation is 2. The summed E-state index contributed by atoms with van der Waals surface area (Å²) in [6.45, 7) is 4.17. The van der Waals surface area contributed by atoms with Gasteiger partial charge in [0, 0.05) is 5.69 Å². The third-order valence-electron chi connectivity index (χ3n) is 2.59. The Kier molecular flexibility index (Phi) is 2.44. The van der Waals surface area contributed by atoms with E-state index in [-0.39, 0.29) is 12.3 Å². The van der Waals surface area contributed by atoms with Crippen molar-refractivity contribution in [2.24, 2.45) is 0 Å². The molecule has 1 atom stereocenters. The molecule has 1 aromatic rings. The number of aromatic nitrogens is 1. The van der Waals surface area contributed by atoms with Gasteiger partial charge in [-0.15, -0.1) is 0 Å². The van der Waals surface area contributed by atoms with Crippen molar-refractivity contribution in [2.45, 2.75) is 26.4 Å². The highest BCUT2D eigenvalue weighted by atomic mass is 16.3. The molecule has 1 aliphatic heterocycles. The van der Waals surface area contributed by atoms with Crippen molar-refractivity contribution in [3.05, 3.63) is 23.5 Å². The van der Waals surface area contributed by atoms with Crippen LogP contribution >= 0.6 is 0 Å². The van der Waals surface area contributed by atoms with Crippen molar-refractivity contribution in [3.8, 4) is 0 Å². The normalized spacial score (nSPS) is 21.1. The molecule has 15 heavy (non-hydrogen) atoms. The second-order valence-electron chi connectivity index (χ2n) is 3.92. The summed E-state index contributed by atoms with van der Waals surface area (Å²) in [5.74, 6) is -0.0312. The topological polar surface area (TPSA) is 53.4 Å². The van der Waals surface area contributed by atoms with Gasteiger partial charge in [-0.25, -0.2) is 0 Å². The molecule has 0 radical (unpaired) electrons. The van der Waals surface area contributed by atoms with Gasteiger partial charge in [-0.1, -0.05) is 0 Å². The van der Waals surface area contributed by atoms with Gasteiger partial charge in [0.1, 0.15) is 0 Å². The molecule has 4 nitrogen and oxygen atoms in total. The molecule has 0 spiro atoms. The first kappa shape index (κ1) is 10.1. The fraction of sp³-hybridized carbons (Fsp3) is 0.455. The molecule has 1 aliphatic rings. The third kappa shape index (κ3) is 1.85. The molecular formula is C11H14N2O2. The highest BCUT2D eigenvalue weighted by Gasteiger charge is 2.29. The van der Waals surface area contributed by atoms with Crippen LogP contribution in [0.3, 0.4) is 0 Å². The van der Waals surface area contributed by atoms with Crippen LogP contribution in [-0.4, -0.2) is 28.6 Å². The second kappa shape index (κ2) is 3.62. The van der Waals surface area contributed by atoms with Crippen molar-refractivity contribution in [1.82, 2.24) is 4.98 Å². The molecule has 0 aliphatic carbocycles. The molecule has 1 unspecified atom stereocenters. The third-order valence-corrected chi connectivity index (χ3v) is 2.59. The maximum atomic E-state index is 11.6. The lowest BCUT2D eigenvalue weighted by atomic mass is 10.2. The van der Waals surface area contributed by atoms with Gasteiger partial charge < -0.3 is 10.0 Å². The summed E-state index contributed by atoms with van der Waals surface area (Å²) in [7, 11) is 0. The molecule has 0 saturated carbocycles. The van der Waals surface area contributed by atoms with E-state index in [1.807, 2.05) is 26.0 Å². The molecule has 4 heteroatoms. The first-order chi connectivity index (χ1) is 7.08.